The van der Waals surface area contributed by atoms with Gasteiger partial charge in [-0.25, -0.2) is 4.98 Å². The Morgan fingerprint density at radius 1 is 1.33 bits per heavy atom. The number of hydrogen-bond donors (Lipinski definition) is 2. The van der Waals surface area contributed by atoms with Crippen LogP contribution in [0.5, 0.6) is 0 Å². The summed E-state index contributed by atoms with van der Waals surface area (Å²) in [5, 5.41) is 3.33. The maximum absolute atomic E-state index is 4.57. The fourth-order valence-corrected chi connectivity index (χ4v) is 2.99. The van der Waals surface area contributed by atoms with Crippen molar-refractivity contribution in [1.82, 2.24) is 15.3 Å². The quantitative estimate of drug-likeness (QED) is 0.839. The Balaban J connectivity index is 1.87. The van der Waals surface area contributed by atoms with Gasteiger partial charge in [-0.05, 0) is 44.1 Å². The molecule has 0 radical (unpaired) electrons. The maximum Gasteiger partial charge on any atom is 0.109 e. The van der Waals surface area contributed by atoms with E-state index in [1.54, 1.807) is 0 Å². The number of aromatic amines is 1. The number of nitrogens with one attached hydrogen (secondary N) is 2. The highest BCUT2D eigenvalue weighted by molar-refractivity contribution is 5.06. The number of aromatic nitrogens is 2. The second-order valence-corrected chi connectivity index (χ2v) is 5.93. The summed E-state index contributed by atoms with van der Waals surface area (Å²) in [4.78, 5) is 8.06. The van der Waals surface area contributed by atoms with E-state index in [0.717, 1.165) is 24.9 Å². The molecule has 1 aromatic rings. The maximum atomic E-state index is 4.57. The zero-order chi connectivity index (χ0) is 13.0. The molecule has 1 saturated carbocycles. The molecule has 0 spiro atoms. The molecule has 1 heterocycles. The average Bonchev–Trinajstić information content (AvgIpc) is 2.85. The Kier molecular flexibility index (Phi) is 4.81. The Hall–Kier alpha value is -0.830. The monoisotopic (exact) mass is 249 g/mol. The normalized spacial score (nSPS) is 24.7. The van der Waals surface area contributed by atoms with Gasteiger partial charge >= 0.3 is 0 Å². The van der Waals surface area contributed by atoms with Crippen molar-refractivity contribution in [3.8, 4) is 0 Å². The van der Waals surface area contributed by atoms with Gasteiger partial charge in [0.25, 0.3) is 0 Å². The second-order valence-electron chi connectivity index (χ2n) is 5.93. The first kappa shape index (κ1) is 13.6. The number of imidazole rings is 1. The van der Waals surface area contributed by atoms with Crippen molar-refractivity contribution in [2.45, 2.75) is 58.9 Å². The summed E-state index contributed by atoms with van der Waals surface area (Å²) in [6, 6.07) is 0. The van der Waals surface area contributed by atoms with Gasteiger partial charge in [-0.15, -0.1) is 0 Å². The highest BCUT2D eigenvalue weighted by Gasteiger charge is 2.25. The van der Waals surface area contributed by atoms with E-state index in [1.807, 2.05) is 6.20 Å². The fourth-order valence-electron chi connectivity index (χ4n) is 2.99. The molecular formula is C15H27N3. The van der Waals surface area contributed by atoms with Gasteiger partial charge in [-0.2, -0.15) is 0 Å². The zero-order valence-corrected chi connectivity index (χ0v) is 12.0. The molecule has 2 rings (SSSR count). The predicted octanol–water partition coefficient (Wildman–Crippen LogP) is 3.45. The van der Waals surface area contributed by atoms with Crippen LogP contribution >= 0.6 is 0 Å². The fraction of sp³-hybridized carbons (Fsp3) is 0.800. The van der Waals surface area contributed by atoms with Crippen molar-refractivity contribution in [3.63, 3.8) is 0 Å². The summed E-state index contributed by atoms with van der Waals surface area (Å²) in [5.41, 5.74) is 1.22. The molecule has 0 atom stereocenters. The first-order valence-electron chi connectivity index (χ1n) is 7.45. The molecule has 3 nitrogen and oxygen atoms in total. The van der Waals surface area contributed by atoms with Crippen molar-refractivity contribution >= 4 is 0 Å². The van der Waals surface area contributed by atoms with Crippen LogP contribution in [0.1, 0.15) is 63.9 Å². The van der Waals surface area contributed by atoms with Gasteiger partial charge in [-0.3, -0.25) is 0 Å². The smallest absolute Gasteiger partial charge is 0.109 e. The van der Waals surface area contributed by atoms with Crippen LogP contribution in [0.3, 0.4) is 0 Å². The molecule has 1 aliphatic carbocycles. The molecular weight excluding hydrogens is 222 g/mol. The zero-order valence-electron chi connectivity index (χ0n) is 12.0. The number of hydrogen-bond acceptors (Lipinski definition) is 2. The lowest BCUT2D eigenvalue weighted by Crippen LogP contribution is -2.18. The van der Waals surface area contributed by atoms with Crippen LogP contribution in [-0.4, -0.2) is 16.5 Å². The predicted molar refractivity (Wildman–Crippen MR) is 75.5 cm³/mol. The van der Waals surface area contributed by atoms with Crippen molar-refractivity contribution < 1.29 is 0 Å². The van der Waals surface area contributed by atoms with Gasteiger partial charge in [0.2, 0.25) is 0 Å². The molecule has 102 valence electrons. The number of rotatable bonds is 5. The van der Waals surface area contributed by atoms with E-state index in [4.69, 9.17) is 0 Å². The Bertz CT molecular complexity index is 348. The van der Waals surface area contributed by atoms with Crippen LogP contribution in [0.2, 0.25) is 0 Å². The lowest BCUT2D eigenvalue weighted by molar-refractivity contribution is 0.255. The van der Waals surface area contributed by atoms with Crippen LogP contribution in [0.25, 0.3) is 0 Å². The SMILES string of the molecule is CCNCc1cnc(C2CCC(C(C)C)CC2)[nH]1. The Morgan fingerprint density at radius 3 is 2.67 bits per heavy atom. The molecule has 2 N–H and O–H groups in total. The van der Waals surface area contributed by atoms with Crippen LogP contribution in [-0.2, 0) is 6.54 Å². The van der Waals surface area contributed by atoms with E-state index in [2.05, 4.69) is 36.1 Å². The highest BCUT2D eigenvalue weighted by Crippen LogP contribution is 2.37. The molecule has 0 saturated heterocycles. The summed E-state index contributed by atoms with van der Waals surface area (Å²) < 4.78 is 0. The van der Waals surface area contributed by atoms with Crippen molar-refractivity contribution in [1.29, 1.82) is 0 Å². The molecule has 18 heavy (non-hydrogen) atoms. The average molecular weight is 249 g/mol. The molecule has 1 aromatic heterocycles. The third-order valence-corrected chi connectivity index (χ3v) is 4.31. The van der Waals surface area contributed by atoms with Gasteiger partial charge in [0, 0.05) is 24.4 Å². The highest BCUT2D eigenvalue weighted by atomic mass is 15.0. The van der Waals surface area contributed by atoms with E-state index in [9.17, 15) is 0 Å². The largest absolute Gasteiger partial charge is 0.345 e. The van der Waals surface area contributed by atoms with Gasteiger partial charge in [0.05, 0.1) is 0 Å². The first-order chi connectivity index (χ1) is 8.70. The minimum absolute atomic E-state index is 0.662. The summed E-state index contributed by atoms with van der Waals surface area (Å²) in [6.45, 7) is 8.75. The van der Waals surface area contributed by atoms with Gasteiger partial charge < -0.3 is 10.3 Å². The third kappa shape index (κ3) is 3.35. The van der Waals surface area contributed by atoms with E-state index in [-0.39, 0.29) is 0 Å². The van der Waals surface area contributed by atoms with E-state index >= 15 is 0 Å². The van der Waals surface area contributed by atoms with Gasteiger partial charge in [-0.1, -0.05) is 20.8 Å². The molecule has 0 amide bonds. The van der Waals surface area contributed by atoms with Crippen LogP contribution in [0.4, 0.5) is 0 Å². The van der Waals surface area contributed by atoms with Gasteiger partial charge in [0.1, 0.15) is 5.82 Å². The topological polar surface area (TPSA) is 40.7 Å². The second kappa shape index (κ2) is 6.37. The van der Waals surface area contributed by atoms with Crippen LogP contribution in [0.15, 0.2) is 6.20 Å². The van der Waals surface area contributed by atoms with Gasteiger partial charge in [0.15, 0.2) is 0 Å². The van der Waals surface area contributed by atoms with Crippen molar-refractivity contribution in [2.24, 2.45) is 11.8 Å². The molecule has 0 aromatic carbocycles. The Labute approximate surface area is 111 Å². The molecule has 0 unspecified atom stereocenters. The van der Waals surface area contributed by atoms with Crippen molar-refractivity contribution in [3.05, 3.63) is 17.7 Å². The lowest BCUT2D eigenvalue weighted by Gasteiger charge is -2.29. The number of nitrogens with zero attached hydrogens (tertiary/aromatic N) is 1. The van der Waals surface area contributed by atoms with E-state index in [0.29, 0.717) is 5.92 Å². The summed E-state index contributed by atoms with van der Waals surface area (Å²) >= 11 is 0. The van der Waals surface area contributed by atoms with Crippen molar-refractivity contribution in [2.75, 3.05) is 6.54 Å². The standard InChI is InChI=1S/C15H27N3/c1-4-16-9-14-10-17-15(18-14)13-7-5-12(6-8-13)11(2)3/h10-13,16H,4-9H2,1-3H3,(H,17,18). The van der Waals surface area contributed by atoms with E-state index < -0.39 is 0 Å². The summed E-state index contributed by atoms with van der Waals surface area (Å²) in [7, 11) is 0. The molecule has 0 bridgehead atoms. The molecule has 1 fully saturated rings. The minimum Gasteiger partial charge on any atom is -0.345 e. The van der Waals surface area contributed by atoms with E-state index in [1.165, 1.54) is 37.2 Å². The molecule has 1 aliphatic rings. The summed E-state index contributed by atoms with van der Waals surface area (Å²) in [6.07, 6.45) is 7.33. The van der Waals surface area contributed by atoms with Crippen LogP contribution < -0.4 is 5.32 Å². The summed E-state index contributed by atoms with van der Waals surface area (Å²) in [5.74, 6) is 3.64. The van der Waals surface area contributed by atoms with Crippen LogP contribution in [0, 0.1) is 11.8 Å². The molecule has 0 aliphatic heterocycles. The minimum atomic E-state index is 0.662. The molecule has 3 heteroatoms. The number of H-pyrrole nitrogens is 1. The lowest BCUT2D eigenvalue weighted by atomic mass is 9.77. The first-order valence-corrected chi connectivity index (χ1v) is 7.45. The third-order valence-electron chi connectivity index (χ3n) is 4.31. The Morgan fingerprint density at radius 2 is 2.06 bits per heavy atom.